The number of fused-ring (bicyclic) bond motifs is 5. The van der Waals surface area contributed by atoms with Crippen LogP contribution in [0.4, 0.5) is 24.0 Å². The van der Waals surface area contributed by atoms with Gasteiger partial charge in [-0.2, -0.15) is 25.5 Å². The number of urea groups is 5. The summed E-state index contributed by atoms with van der Waals surface area (Å²) in [7, 11) is 7.71. The minimum Gasteiger partial charge on any atom is -0.497 e. The van der Waals surface area contributed by atoms with Crippen LogP contribution in [0.1, 0.15) is 192 Å². The van der Waals surface area contributed by atoms with Crippen molar-refractivity contribution in [1.29, 1.82) is 0 Å². The van der Waals surface area contributed by atoms with Crippen LogP contribution in [0.2, 0.25) is 0 Å². The molecule has 5 aromatic heterocycles. The number of carbonyl (C=O) groups is 15. The Morgan fingerprint density at radius 3 is 0.823 bits per heavy atom. The highest BCUT2D eigenvalue weighted by Gasteiger charge is 2.58. The van der Waals surface area contributed by atoms with Crippen molar-refractivity contribution < 1.29 is 105 Å². The minimum atomic E-state index is -1.41. The Morgan fingerprint density at radius 2 is 0.599 bits per heavy atom. The second-order valence-corrected chi connectivity index (χ2v) is 39.4. The third kappa shape index (κ3) is 18.6. The number of ether oxygens (including phenoxy) is 7. The monoisotopic (exact) mass is 2010 g/mol. The van der Waals surface area contributed by atoms with Crippen molar-refractivity contribution in [2.45, 2.75) is 157 Å². The quantitative estimate of drug-likeness (QED) is 0.0338. The minimum absolute atomic E-state index is 0.00373. The first-order valence-corrected chi connectivity index (χ1v) is 47.8. The van der Waals surface area contributed by atoms with Gasteiger partial charge in [0.1, 0.15) is 28.7 Å². The fourth-order valence-corrected chi connectivity index (χ4v) is 20.2. The van der Waals surface area contributed by atoms with Gasteiger partial charge in [0.2, 0.25) is 0 Å². The Labute approximate surface area is 840 Å². The molecule has 10 N–H and O–H groups in total. The van der Waals surface area contributed by atoms with Crippen LogP contribution in [0.3, 0.4) is 0 Å². The van der Waals surface area contributed by atoms with E-state index >= 15 is 0 Å². The van der Waals surface area contributed by atoms with Gasteiger partial charge in [-0.25, -0.2) is 24.0 Å². The summed E-state index contributed by atoms with van der Waals surface area (Å²) in [6, 6.07) is 24.2. The number of hydrogen-bond donors (Lipinski definition) is 10. The summed E-state index contributed by atoms with van der Waals surface area (Å²) in [6.45, 7) is 14.9. The molecule has 147 heavy (non-hydrogen) atoms. The van der Waals surface area contributed by atoms with Crippen LogP contribution < -0.4 is 76.9 Å². The smallest absolute Gasteiger partial charge is 0.322 e. The molecule has 0 spiro atoms. The molecule has 10 aromatic rings. The van der Waals surface area contributed by atoms with Crippen molar-refractivity contribution in [1.82, 2.24) is 127 Å². The Bertz CT molecular complexity index is 6870. The van der Waals surface area contributed by atoms with Crippen LogP contribution >= 0.6 is 0 Å². The van der Waals surface area contributed by atoms with Crippen LogP contribution in [0.25, 0.3) is 0 Å². The van der Waals surface area contributed by atoms with E-state index in [4.69, 9.17) is 33.2 Å². The Kier molecular flexibility index (Phi) is 26.2. The van der Waals surface area contributed by atoms with Gasteiger partial charge in [-0.05, 0) is 147 Å². The number of carbonyl (C=O) groups excluding carboxylic acids is 15. The molecular weight excluding hydrogens is 1900 g/mol. The van der Waals surface area contributed by atoms with Gasteiger partial charge in [-0.3, -0.25) is 97.9 Å². The van der Waals surface area contributed by atoms with Crippen LogP contribution in [0.15, 0.2) is 153 Å². The maximum absolute atomic E-state index is 13.0. The number of amides is 20. The highest BCUT2D eigenvalue weighted by Crippen LogP contribution is 2.42. The number of nitrogens with zero attached hydrogens (tertiary/aromatic N) is 15. The van der Waals surface area contributed by atoms with Crippen LogP contribution in [0.5, 0.6) is 28.7 Å². The van der Waals surface area contributed by atoms with Crippen molar-refractivity contribution in [3.05, 3.63) is 236 Å². The number of aromatic nitrogens is 10. The highest BCUT2D eigenvalue weighted by atomic mass is 16.5. The molecule has 1 saturated carbocycles. The van der Waals surface area contributed by atoms with Crippen molar-refractivity contribution in [2.75, 3.05) is 94.7 Å². The standard InChI is InChI=1S/2C20H21N5O5.C20H21N5O4.2C20H23N5O4/c2*1-29-15-3-2-12-8-24(17(26)16(12)6-15)11-20(18(27)22-19(28)23-20)13-7-21-25(9-13)14-4-5-30-10-14;1-29-15-6-5-12-9-24(17(26)16(12)7-15)11-20(18(27)22-19(28)23-20)13-8-21-25(10-13)14-3-2-4-14;1-19(2,3)25-10-13(8-21-25)20(17(27)22-18(28)23-20)11-24-9-12-5-6-14(29-4)7-15(12)16(24)26;1-12(2)8-25-10-14(7-21-25)20(18(27)22-19(28)23-20)11-24-9-13-4-5-15(29-3)6-16(13)17(24)26/h2*2-3,6-7,9,14H,4-5,8,10-11H2,1H3,(H2,22,23,27,28);5-8,10,14H,2-4,9,11H2,1H3,(H2,22,23,27,28);5-8,10H,9,11H2,1-4H3,(H2,22,23,27,28);4-7,10,12H,8-9,11H2,1-3H3,(H2,22,23,27,28)/t14-,20+;14-,20-;3*20-/m10000/s1. The molecule has 766 valence electrons. The van der Waals surface area contributed by atoms with Gasteiger partial charge < -0.3 is 84.2 Å². The molecule has 17 heterocycles. The molecule has 13 aliphatic rings. The number of benzene rings is 5. The molecule has 1 aliphatic carbocycles. The van der Waals surface area contributed by atoms with E-state index in [1.165, 1.54) is 0 Å². The average molecular weight is 2010 g/mol. The van der Waals surface area contributed by atoms with E-state index in [1.54, 1.807) is 195 Å². The molecule has 47 nitrogen and oxygen atoms in total. The molecule has 23 rings (SSSR count). The molecule has 0 bridgehead atoms. The SMILES string of the molecule is COc1ccc2c(c1)C(=O)N(C[C@@]1(c3cnn(C(C)(C)C)c3)NC(=O)NC1=O)C2.COc1ccc2c(c1)C(=O)N(C[C@@]1(c3cnn(C4CCC4)c3)NC(=O)NC1=O)C2.COc1ccc2c(c1)C(=O)N(C[C@@]1(c3cnn(CC(C)C)c3)NC(=O)NC1=O)C2.COc1ccc2c(c1)C(=O)N(C[C@@]1(c3cnn([C@@H]4CCOC4)c3)NC(=O)NC1=O)C2.COc1ccc2c(c1)C(=O)N(C[C@@]1(c3cnn([C@H]4CCOC4)c3)NC(=O)NC1=O)C2. The number of hydrogen-bond acceptors (Lipinski definition) is 27. The summed E-state index contributed by atoms with van der Waals surface area (Å²) in [5.41, 5.74) is 2.41. The highest BCUT2D eigenvalue weighted by molar-refractivity contribution is 6.13. The van der Waals surface area contributed by atoms with E-state index in [9.17, 15) is 71.9 Å². The Morgan fingerprint density at radius 1 is 0.340 bits per heavy atom. The first-order chi connectivity index (χ1) is 70.4. The molecule has 7 saturated heterocycles. The summed E-state index contributed by atoms with van der Waals surface area (Å²) in [6.07, 6.45) is 21.6. The van der Waals surface area contributed by atoms with Gasteiger partial charge in [0.25, 0.3) is 59.1 Å². The summed E-state index contributed by atoms with van der Waals surface area (Å²) < 4.78 is 45.7. The maximum Gasteiger partial charge on any atom is 0.322 e. The predicted molar refractivity (Wildman–Crippen MR) is 513 cm³/mol. The normalized spacial score (nSPS) is 23.3. The topological polar surface area (TPSA) is 546 Å². The van der Waals surface area contributed by atoms with E-state index in [2.05, 4.69) is 92.5 Å². The maximum atomic E-state index is 13.0. The average Bonchev–Trinajstić information content (AvgIpc) is 1.61. The third-order valence-corrected chi connectivity index (χ3v) is 28.6. The molecule has 8 fully saturated rings. The van der Waals surface area contributed by atoms with E-state index in [-0.39, 0.29) is 79.9 Å². The largest absolute Gasteiger partial charge is 0.497 e. The Balaban J connectivity index is 0.000000116. The lowest BCUT2D eigenvalue weighted by Gasteiger charge is -2.30. The third-order valence-electron chi connectivity index (χ3n) is 28.6. The molecule has 0 radical (unpaired) electrons. The second-order valence-electron chi connectivity index (χ2n) is 39.4. The summed E-state index contributed by atoms with van der Waals surface area (Å²) in [5, 5.41) is 47.1. The molecule has 7 atom stereocenters. The van der Waals surface area contributed by atoms with Gasteiger partial charge >= 0.3 is 30.2 Å². The number of methoxy groups -OCH3 is 5. The van der Waals surface area contributed by atoms with Gasteiger partial charge in [0.05, 0.1) is 136 Å². The summed E-state index contributed by atoms with van der Waals surface area (Å²) in [5.74, 6) is -0.190. The molecule has 20 amide bonds. The Hall–Kier alpha value is -16.9. The lowest BCUT2D eigenvalue weighted by Crippen LogP contribution is -2.52. The van der Waals surface area contributed by atoms with Crippen LogP contribution in [-0.4, -0.2) is 257 Å². The van der Waals surface area contributed by atoms with Gasteiger partial charge in [0, 0.05) is 139 Å². The molecule has 0 unspecified atom stereocenters. The first kappa shape index (κ1) is 98.9. The summed E-state index contributed by atoms with van der Waals surface area (Å²) >= 11 is 0. The lowest BCUT2D eigenvalue weighted by atomic mass is 9.91. The number of nitrogens with one attached hydrogen (secondary N) is 10. The molecular formula is C100H109N25O22. The van der Waals surface area contributed by atoms with Gasteiger partial charge in [0.15, 0.2) is 27.7 Å². The summed E-state index contributed by atoms with van der Waals surface area (Å²) in [4.78, 5) is 197. The number of rotatable bonds is 25. The van der Waals surface area contributed by atoms with Crippen molar-refractivity contribution in [3.8, 4) is 28.7 Å². The molecule has 5 aromatic carbocycles. The first-order valence-electron chi connectivity index (χ1n) is 47.8. The van der Waals surface area contributed by atoms with E-state index in [0.29, 0.717) is 162 Å². The zero-order valence-electron chi connectivity index (χ0n) is 82.1. The van der Waals surface area contributed by atoms with E-state index in [1.807, 2.05) is 62.0 Å². The van der Waals surface area contributed by atoms with Gasteiger partial charge in [-0.1, -0.05) is 44.2 Å². The molecule has 47 heteroatoms. The van der Waals surface area contributed by atoms with Crippen molar-refractivity contribution >= 4 is 89.2 Å². The van der Waals surface area contributed by atoms with E-state index in [0.717, 1.165) is 59.9 Å². The fraction of sp³-hybridized carbons (Fsp3) is 0.400. The van der Waals surface area contributed by atoms with E-state index < -0.39 is 87.4 Å². The molecule has 12 aliphatic heterocycles. The van der Waals surface area contributed by atoms with Crippen molar-refractivity contribution in [2.24, 2.45) is 5.92 Å². The van der Waals surface area contributed by atoms with Gasteiger partial charge in [-0.15, -0.1) is 0 Å². The zero-order valence-corrected chi connectivity index (χ0v) is 82.1. The lowest BCUT2D eigenvalue weighted by molar-refractivity contribution is -0.125. The van der Waals surface area contributed by atoms with Crippen LogP contribution in [0, 0.1) is 5.92 Å². The predicted octanol–water partition coefficient (Wildman–Crippen LogP) is 4.97. The zero-order chi connectivity index (χ0) is 104. The number of imide groups is 5. The second kappa shape index (κ2) is 39.0. The van der Waals surface area contributed by atoms with Crippen LogP contribution in [-0.2, 0) is 106 Å². The van der Waals surface area contributed by atoms with Crippen molar-refractivity contribution in [3.63, 3.8) is 0 Å². The fourth-order valence-electron chi connectivity index (χ4n) is 20.2.